The maximum Gasteiger partial charge on any atom is 0.273 e. The van der Waals surface area contributed by atoms with Gasteiger partial charge in [0.25, 0.3) is 5.56 Å². The molecule has 1 aromatic heterocycles. The van der Waals surface area contributed by atoms with Crippen molar-refractivity contribution < 1.29 is 4.74 Å². The molecule has 0 aliphatic carbocycles. The average molecular weight is 215 g/mol. The van der Waals surface area contributed by atoms with Crippen LogP contribution in [0.3, 0.4) is 0 Å². The van der Waals surface area contributed by atoms with Gasteiger partial charge in [-0.25, -0.2) is 4.98 Å². The van der Waals surface area contributed by atoms with Gasteiger partial charge in [-0.05, 0) is 6.92 Å². The molecule has 5 heteroatoms. The number of aromatic nitrogens is 2. The van der Waals surface area contributed by atoms with Crippen molar-refractivity contribution in [1.29, 1.82) is 0 Å². The SMILES string of the molecule is C=C(C)CCOc1nc[nH]c(=O)c1Cl. The van der Waals surface area contributed by atoms with Crippen molar-refractivity contribution in [3.05, 3.63) is 33.9 Å². The first-order valence-electron chi connectivity index (χ1n) is 4.11. The van der Waals surface area contributed by atoms with Crippen molar-refractivity contribution >= 4 is 11.6 Å². The Balaban J connectivity index is 2.63. The van der Waals surface area contributed by atoms with Gasteiger partial charge in [-0.15, -0.1) is 6.58 Å². The molecule has 4 nitrogen and oxygen atoms in total. The minimum Gasteiger partial charge on any atom is -0.476 e. The van der Waals surface area contributed by atoms with E-state index < -0.39 is 5.56 Å². The van der Waals surface area contributed by atoms with Gasteiger partial charge in [0.2, 0.25) is 5.88 Å². The summed E-state index contributed by atoms with van der Waals surface area (Å²) in [7, 11) is 0. The first-order chi connectivity index (χ1) is 6.61. The standard InChI is InChI=1S/C9H11ClN2O2/c1-6(2)3-4-14-9-7(10)8(13)11-5-12-9/h5H,1,3-4H2,2H3,(H,11,12,13). The molecule has 0 spiro atoms. The van der Waals surface area contributed by atoms with Crippen molar-refractivity contribution in [3.8, 4) is 5.88 Å². The van der Waals surface area contributed by atoms with E-state index in [1.54, 1.807) is 0 Å². The fraction of sp³-hybridized carbons (Fsp3) is 0.333. The summed E-state index contributed by atoms with van der Waals surface area (Å²) >= 11 is 5.65. The number of halogens is 1. The quantitative estimate of drug-likeness (QED) is 0.778. The summed E-state index contributed by atoms with van der Waals surface area (Å²) < 4.78 is 5.20. The van der Waals surface area contributed by atoms with Crippen molar-refractivity contribution in [2.75, 3.05) is 6.61 Å². The topological polar surface area (TPSA) is 55.0 Å². The van der Waals surface area contributed by atoms with Crippen molar-refractivity contribution in [1.82, 2.24) is 9.97 Å². The number of rotatable bonds is 4. The van der Waals surface area contributed by atoms with Gasteiger partial charge in [-0.3, -0.25) is 4.79 Å². The highest BCUT2D eigenvalue weighted by Gasteiger charge is 2.05. The van der Waals surface area contributed by atoms with Crippen LogP contribution in [0, 0.1) is 0 Å². The molecule has 0 aromatic carbocycles. The number of hydrogen-bond donors (Lipinski definition) is 1. The molecule has 0 aliphatic heterocycles. The maximum atomic E-state index is 11.0. The Bertz CT molecular complexity index is 387. The van der Waals surface area contributed by atoms with Gasteiger partial charge in [-0.2, -0.15) is 0 Å². The van der Waals surface area contributed by atoms with E-state index in [4.69, 9.17) is 16.3 Å². The Morgan fingerprint density at radius 1 is 1.79 bits per heavy atom. The number of ether oxygens (including phenoxy) is 1. The Morgan fingerprint density at radius 2 is 2.50 bits per heavy atom. The molecule has 76 valence electrons. The third-order valence-corrected chi connectivity index (χ3v) is 1.87. The van der Waals surface area contributed by atoms with Crippen LogP contribution in [-0.2, 0) is 0 Å². The molecule has 0 amide bonds. The molecule has 0 aliphatic rings. The van der Waals surface area contributed by atoms with Crippen molar-refractivity contribution in [3.63, 3.8) is 0 Å². The zero-order valence-corrected chi connectivity index (χ0v) is 8.60. The van der Waals surface area contributed by atoms with Crippen LogP contribution in [0.25, 0.3) is 0 Å². The summed E-state index contributed by atoms with van der Waals surface area (Å²) in [4.78, 5) is 17.2. The Hall–Kier alpha value is -1.29. The molecule has 0 radical (unpaired) electrons. The van der Waals surface area contributed by atoms with Gasteiger partial charge in [0.1, 0.15) is 0 Å². The van der Waals surface area contributed by atoms with Crippen LogP contribution in [-0.4, -0.2) is 16.6 Å². The molecule has 1 N–H and O–H groups in total. The summed E-state index contributed by atoms with van der Waals surface area (Å²) in [6.45, 7) is 6.05. The maximum absolute atomic E-state index is 11.0. The molecule has 1 heterocycles. The van der Waals surface area contributed by atoms with Gasteiger partial charge in [-0.1, -0.05) is 17.2 Å². The summed E-state index contributed by atoms with van der Waals surface area (Å²) in [5, 5.41) is -0.0192. The van der Waals surface area contributed by atoms with Crippen molar-refractivity contribution in [2.45, 2.75) is 13.3 Å². The molecule has 0 fully saturated rings. The molecule has 14 heavy (non-hydrogen) atoms. The number of H-pyrrole nitrogens is 1. The minimum absolute atomic E-state index is 0.0192. The number of hydrogen-bond acceptors (Lipinski definition) is 3. The van der Waals surface area contributed by atoms with Crippen LogP contribution in [0.2, 0.25) is 5.02 Å². The lowest BCUT2D eigenvalue weighted by Gasteiger charge is -2.04. The highest BCUT2D eigenvalue weighted by atomic mass is 35.5. The summed E-state index contributed by atoms with van der Waals surface area (Å²) in [6, 6.07) is 0. The van der Waals surface area contributed by atoms with Crippen LogP contribution in [0.4, 0.5) is 0 Å². The van der Waals surface area contributed by atoms with Crippen LogP contribution in [0.15, 0.2) is 23.3 Å². The third-order valence-electron chi connectivity index (χ3n) is 1.53. The third kappa shape index (κ3) is 2.88. The monoisotopic (exact) mass is 214 g/mol. The fourth-order valence-corrected chi connectivity index (χ4v) is 0.947. The predicted octanol–water partition coefficient (Wildman–Crippen LogP) is 1.77. The molecule has 1 rings (SSSR count). The fourth-order valence-electron chi connectivity index (χ4n) is 0.789. The zero-order valence-electron chi connectivity index (χ0n) is 7.84. The highest BCUT2D eigenvalue weighted by molar-refractivity contribution is 6.31. The van der Waals surface area contributed by atoms with Gasteiger partial charge in [0, 0.05) is 6.42 Å². The van der Waals surface area contributed by atoms with E-state index in [-0.39, 0.29) is 10.9 Å². The second-order valence-electron chi connectivity index (χ2n) is 2.91. The molecular formula is C9H11ClN2O2. The largest absolute Gasteiger partial charge is 0.476 e. The second-order valence-corrected chi connectivity index (χ2v) is 3.28. The molecule has 1 aromatic rings. The van der Waals surface area contributed by atoms with Gasteiger partial charge in [0.05, 0.1) is 12.9 Å². The van der Waals surface area contributed by atoms with Crippen molar-refractivity contribution in [2.24, 2.45) is 0 Å². The Kier molecular flexibility index (Phi) is 3.71. The second kappa shape index (κ2) is 4.81. The van der Waals surface area contributed by atoms with Crippen LogP contribution >= 0.6 is 11.6 Å². The van der Waals surface area contributed by atoms with E-state index >= 15 is 0 Å². The van der Waals surface area contributed by atoms with E-state index in [1.807, 2.05) is 6.92 Å². The van der Waals surface area contributed by atoms with Gasteiger partial charge >= 0.3 is 0 Å². The van der Waals surface area contributed by atoms with Crippen LogP contribution in [0.5, 0.6) is 5.88 Å². The van der Waals surface area contributed by atoms with Gasteiger partial charge in [0.15, 0.2) is 5.02 Å². The normalized spacial score (nSPS) is 9.86. The predicted molar refractivity (Wildman–Crippen MR) is 54.8 cm³/mol. The van der Waals surface area contributed by atoms with E-state index in [9.17, 15) is 4.79 Å². The zero-order chi connectivity index (χ0) is 10.6. The Morgan fingerprint density at radius 3 is 3.14 bits per heavy atom. The molecule has 0 saturated carbocycles. The van der Waals surface area contributed by atoms with E-state index in [1.165, 1.54) is 6.33 Å². The summed E-state index contributed by atoms with van der Waals surface area (Å²) in [6.07, 6.45) is 1.97. The highest BCUT2D eigenvalue weighted by Crippen LogP contribution is 2.15. The number of nitrogens with one attached hydrogen (secondary N) is 1. The molecule has 0 unspecified atom stereocenters. The molecule has 0 atom stereocenters. The Labute approximate surface area is 86.6 Å². The smallest absolute Gasteiger partial charge is 0.273 e. The van der Waals surface area contributed by atoms with Gasteiger partial charge < -0.3 is 9.72 Å². The first kappa shape index (κ1) is 10.8. The average Bonchev–Trinajstić information content (AvgIpc) is 2.12. The summed E-state index contributed by atoms with van der Waals surface area (Å²) in [5.41, 5.74) is 0.609. The number of nitrogens with zero attached hydrogens (tertiary/aromatic N) is 1. The summed E-state index contributed by atoms with van der Waals surface area (Å²) in [5.74, 6) is 0.164. The van der Waals surface area contributed by atoms with Crippen LogP contribution < -0.4 is 10.3 Å². The molecular weight excluding hydrogens is 204 g/mol. The lowest BCUT2D eigenvalue weighted by molar-refractivity contribution is 0.308. The first-order valence-corrected chi connectivity index (χ1v) is 4.49. The van der Waals surface area contributed by atoms with E-state index in [2.05, 4.69) is 16.5 Å². The molecule has 0 bridgehead atoms. The van der Waals surface area contributed by atoms with Crippen LogP contribution in [0.1, 0.15) is 13.3 Å². The van der Waals surface area contributed by atoms with E-state index in [0.717, 1.165) is 5.57 Å². The lowest BCUT2D eigenvalue weighted by atomic mass is 10.3. The lowest BCUT2D eigenvalue weighted by Crippen LogP contribution is -2.10. The molecule has 0 saturated heterocycles. The number of aromatic amines is 1. The minimum atomic E-state index is -0.396. The van der Waals surface area contributed by atoms with E-state index in [0.29, 0.717) is 13.0 Å².